The van der Waals surface area contributed by atoms with Crippen molar-refractivity contribution < 1.29 is 67.9 Å². The van der Waals surface area contributed by atoms with Gasteiger partial charge in [0.15, 0.2) is 24.8 Å². The maximum Gasteiger partial charge on any atom is 0.212 e. The molecule has 9 heterocycles. The number of pyridine rings is 4. The van der Waals surface area contributed by atoms with Crippen LogP contribution in [0.1, 0.15) is 22.8 Å². The Morgan fingerprint density at radius 2 is 0.597 bits per heavy atom. The summed E-state index contributed by atoms with van der Waals surface area (Å²) in [4.78, 5) is 11.3. The number of thiophene rings is 2. The summed E-state index contributed by atoms with van der Waals surface area (Å²) in [5, 5.41) is 4.72. The number of hydrogen-bond acceptors (Lipinski definition) is 4. The van der Waals surface area contributed by atoms with Crippen molar-refractivity contribution in [2.75, 3.05) is 0 Å². The molecule has 0 fully saturated rings. The van der Waals surface area contributed by atoms with E-state index in [1.807, 2.05) is 0 Å². The first-order valence-corrected chi connectivity index (χ1v) is 24.5. The molecular formula is C60H44Cl4N6S2. The molecule has 0 aliphatic carbocycles. The number of halogens is 4. The normalized spacial score (nSPS) is 11.6. The number of aromatic nitrogens is 6. The van der Waals surface area contributed by atoms with Crippen LogP contribution in [0.4, 0.5) is 0 Å². The van der Waals surface area contributed by atoms with Gasteiger partial charge in [-0.05, 0) is 138 Å². The van der Waals surface area contributed by atoms with Gasteiger partial charge < -0.3 is 49.6 Å². The summed E-state index contributed by atoms with van der Waals surface area (Å²) >= 11 is 3.60. The van der Waals surface area contributed by atoms with E-state index in [1.165, 1.54) is 38.1 Å². The molecule has 11 aromatic rings. The summed E-state index contributed by atoms with van der Waals surface area (Å²) in [5.74, 6) is 0. The van der Waals surface area contributed by atoms with Crippen molar-refractivity contribution in [3.8, 4) is 44.5 Å². The fraction of sp³-hybridized carbons (Fsp3) is 0.0667. The van der Waals surface area contributed by atoms with E-state index in [1.54, 1.807) is 22.7 Å². The minimum Gasteiger partial charge on any atom is -1.00 e. The quantitative estimate of drug-likeness (QED) is 0.245. The van der Waals surface area contributed by atoms with E-state index in [0.717, 1.165) is 91.6 Å². The minimum absolute atomic E-state index is 0. The Hall–Kier alpha value is -6.88. The fourth-order valence-corrected chi connectivity index (χ4v) is 12.5. The summed E-state index contributed by atoms with van der Waals surface area (Å²) in [6.45, 7) is 0. The highest BCUT2D eigenvalue weighted by Crippen LogP contribution is 2.44. The predicted octanol–water partition coefficient (Wildman–Crippen LogP) is 0.717. The van der Waals surface area contributed by atoms with E-state index in [0.29, 0.717) is 0 Å². The van der Waals surface area contributed by atoms with Crippen LogP contribution in [0.2, 0.25) is 0 Å². The second-order valence-electron chi connectivity index (χ2n) is 17.8. The number of rotatable bonds is 4. The molecule has 13 rings (SSSR count). The molecule has 0 atom stereocenters. The highest BCUT2D eigenvalue weighted by atomic mass is 35.5. The Balaban J connectivity index is 0.00000160. The summed E-state index contributed by atoms with van der Waals surface area (Å²) in [7, 11) is 8.43. The van der Waals surface area contributed by atoms with Crippen LogP contribution in [0.3, 0.4) is 0 Å². The third-order valence-electron chi connectivity index (χ3n) is 13.6. The Morgan fingerprint density at radius 3 is 0.944 bits per heavy atom. The SMILES string of the molecule is C[n+]1cccc2cc(-c3c4nc(c(-c5ccc6c(ccc[n+]6C)c5)c5ccc(s5)c(-c5ccc6ccc[n+](C)c6c5)c5nc(c(-c6ccc7c(ccc[n+]7C)c6)c6ccc3s6)C=C5)C=C4)ccc21.[Cl-].[Cl-].[Cl-].[Cl-]. The molecule has 2 aliphatic heterocycles. The fourth-order valence-electron chi connectivity index (χ4n) is 10.2. The summed E-state index contributed by atoms with van der Waals surface area (Å²) < 4.78 is 13.3. The molecule has 0 amide bonds. The average molecular weight is 1050 g/mol. The number of benzene rings is 4. The zero-order valence-electron chi connectivity index (χ0n) is 39.5. The van der Waals surface area contributed by atoms with Gasteiger partial charge in [-0.25, -0.2) is 28.2 Å². The standard InChI is InChI=1S/C60H44N6S2.4ClH/c1-63-29-6-10-38-33-41(15-22-49(38)63)57-45-18-19-46(61-45)58(42-16-23-50-39(34-42)11-7-30-64(50)2)55-27-28-56(68-55)60(44-14-13-37-9-5-32-66(4)52(37)36-44)48-21-20-47(62-48)59(54-26-25-53(57)67-54)43-17-24-51-40(35-43)12-8-31-65(51)3;;;;/h5-36H,1-4H3;4*1H/q+4;;;;/p-4. The van der Waals surface area contributed by atoms with Crippen molar-refractivity contribution >= 4 is 109 Å². The Morgan fingerprint density at radius 1 is 0.306 bits per heavy atom. The summed E-state index contributed by atoms with van der Waals surface area (Å²) in [5.41, 5.74) is 17.3. The summed E-state index contributed by atoms with van der Waals surface area (Å²) in [6, 6.07) is 53.6. The number of hydrogen-bond donors (Lipinski definition) is 0. The molecule has 354 valence electrons. The number of nitrogens with zero attached hydrogens (tertiary/aromatic N) is 6. The monoisotopic (exact) mass is 1050 g/mol. The first-order valence-electron chi connectivity index (χ1n) is 22.8. The molecule has 0 saturated carbocycles. The molecule has 0 spiro atoms. The Labute approximate surface area is 449 Å². The maximum absolute atomic E-state index is 5.67. The lowest BCUT2D eigenvalue weighted by molar-refractivity contribution is -0.645. The molecule has 4 aromatic carbocycles. The van der Waals surface area contributed by atoms with Crippen LogP contribution in [-0.2, 0) is 28.2 Å². The Bertz CT molecular complexity index is 4150. The van der Waals surface area contributed by atoms with Gasteiger partial charge in [0.25, 0.3) is 0 Å². The largest absolute Gasteiger partial charge is 1.00 e. The van der Waals surface area contributed by atoms with Crippen LogP contribution >= 0.6 is 22.7 Å². The van der Waals surface area contributed by atoms with Gasteiger partial charge in [0.2, 0.25) is 22.1 Å². The number of fused-ring (bicyclic) bond motifs is 12. The third-order valence-corrected chi connectivity index (χ3v) is 15.9. The predicted molar refractivity (Wildman–Crippen MR) is 282 cm³/mol. The highest BCUT2D eigenvalue weighted by molar-refractivity contribution is 7.24. The van der Waals surface area contributed by atoms with Crippen molar-refractivity contribution in [3.63, 3.8) is 0 Å². The molecule has 0 radical (unpaired) electrons. The minimum atomic E-state index is 0. The van der Waals surface area contributed by atoms with E-state index in [9.17, 15) is 0 Å². The van der Waals surface area contributed by atoms with Crippen LogP contribution < -0.4 is 67.9 Å². The molecular weight excluding hydrogens is 1010 g/mol. The van der Waals surface area contributed by atoms with Crippen LogP contribution in [0, 0.1) is 0 Å². The lowest BCUT2D eigenvalue weighted by Gasteiger charge is -2.07. The zero-order chi connectivity index (χ0) is 45.6. The van der Waals surface area contributed by atoms with Gasteiger partial charge in [-0.2, -0.15) is 0 Å². The van der Waals surface area contributed by atoms with E-state index >= 15 is 0 Å². The van der Waals surface area contributed by atoms with Crippen molar-refractivity contribution in [1.29, 1.82) is 0 Å². The first kappa shape index (κ1) is 50.1. The van der Waals surface area contributed by atoms with Crippen LogP contribution in [0.15, 0.2) is 170 Å². The van der Waals surface area contributed by atoms with Crippen molar-refractivity contribution in [3.05, 3.63) is 193 Å². The van der Waals surface area contributed by atoms with E-state index in [4.69, 9.17) is 9.97 Å². The molecule has 2 aliphatic rings. The van der Waals surface area contributed by atoms with Crippen LogP contribution in [0.5, 0.6) is 0 Å². The van der Waals surface area contributed by atoms with Gasteiger partial charge in [0.05, 0.1) is 22.8 Å². The third kappa shape index (κ3) is 8.52. The van der Waals surface area contributed by atoms with Gasteiger partial charge in [0, 0.05) is 111 Å². The van der Waals surface area contributed by atoms with Gasteiger partial charge in [-0.1, -0.05) is 6.07 Å². The summed E-state index contributed by atoms with van der Waals surface area (Å²) in [6.07, 6.45) is 17.3. The molecule has 7 aromatic heterocycles. The topological polar surface area (TPSA) is 41.3 Å². The van der Waals surface area contributed by atoms with Gasteiger partial charge in [-0.3, -0.25) is 0 Å². The van der Waals surface area contributed by atoms with Crippen LogP contribution in [0.25, 0.3) is 131 Å². The molecule has 8 bridgehead atoms. The zero-order valence-corrected chi connectivity index (χ0v) is 44.1. The van der Waals surface area contributed by atoms with E-state index in [-0.39, 0.29) is 49.6 Å². The van der Waals surface area contributed by atoms with Crippen molar-refractivity contribution in [2.45, 2.75) is 0 Å². The van der Waals surface area contributed by atoms with Crippen molar-refractivity contribution in [2.24, 2.45) is 28.2 Å². The molecule has 12 heteroatoms. The molecule has 0 saturated heterocycles. The lowest BCUT2D eigenvalue weighted by atomic mass is 10.0. The number of aryl methyl sites for hydroxylation is 4. The molecule has 6 nitrogen and oxygen atoms in total. The average Bonchev–Trinajstić information content (AvgIpc) is 4.21. The van der Waals surface area contributed by atoms with E-state index < -0.39 is 0 Å². The lowest BCUT2D eigenvalue weighted by Crippen LogP contribution is -3.00. The Kier molecular flexibility index (Phi) is 13.9. The molecule has 0 N–H and O–H groups in total. The highest BCUT2D eigenvalue weighted by Gasteiger charge is 2.22. The second-order valence-corrected chi connectivity index (χ2v) is 20.0. The van der Waals surface area contributed by atoms with Crippen molar-refractivity contribution in [1.82, 2.24) is 9.97 Å². The van der Waals surface area contributed by atoms with Crippen LogP contribution in [-0.4, -0.2) is 9.97 Å². The van der Waals surface area contributed by atoms with E-state index in [2.05, 4.69) is 241 Å². The molecule has 0 unspecified atom stereocenters. The van der Waals surface area contributed by atoms with Gasteiger partial charge in [-0.15, -0.1) is 22.7 Å². The van der Waals surface area contributed by atoms with Gasteiger partial charge >= 0.3 is 0 Å². The smallest absolute Gasteiger partial charge is 0.212 e. The second kappa shape index (κ2) is 20.0. The first-order chi connectivity index (χ1) is 33.3. The maximum atomic E-state index is 5.67. The molecule has 72 heavy (non-hydrogen) atoms. The van der Waals surface area contributed by atoms with Gasteiger partial charge in [0.1, 0.15) is 28.2 Å².